The molecule has 108 valence electrons. The zero-order valence-electron chi connectivity index (χ0n) is 10.9. The Balaban J connectivity index is 2.83. The summed E-state index contributed by atoms with van der Waals surface area (Å²) in [4.78, 5) is 0.873. The fourth-order valence-electron chi connectivity index (χ4n) is 1.40. The van der Waals surface area contributed by atoms with Crippen LogP contribution in [0.4, 0.5) is 0 Å². The Morgan fingerprint density at radius 1 is 1.16 bits per heavy atom. The van der Waals surface area contributed by atoms with Crippen LogP contribution in [0.2, 0.25) is 0 Å². The molecule has 1 aromatic rings. The molecule has 1 rings (SSSR count). The molecule has 3 nitrogen and oxygen atoms in total. The first-order chi connectivity index (χ1) is 9.00. The van der Waals surface area contributed by atoms with E-state index in [1.54, 1.807) is 0 Å². The molecule has 0 aromatic heterocycles. The van der Waals surface area contributed by atoms with Crippen LogP contribution in [0.1, 0.15) is 11.1 Å². The average molecular weight is 343 g/mol. The van der Waals surface area contributed by atoms with Crippen LogP contribution in [0.25, 0.3) is 0 Å². The van der Waals surface area contributed by atoms with Gasteiger partial charge < -0.3 is 0 Å². The second-order valence-corrected chi connectivity index (χ2v) is 8.53. The molecular formula is C12H17Cl2O3PS. The average Bonchev–Trinajstić information content (AvgIpc) is 2.38. The van der Waals surface area contributed by atoms with Gasteiger partial charge in [0.2, 0.25) is 0 Å². The van der Waals surface area contributed by atoms with Crippen LogP contribution in [0, 0.1) is 13.8 Å². The highest BCUT2D eigenvalue weighted by Gasteiger charge is 2.27. The maximum Gasteiger partial charge on any atom is 0.393 e. The van der Waals surface area contributed by atoms with Crippen LogP contribution in [0.3, 0.4) is 0 Å². The van der Waals surface area contributed by atoms with E-state index >= 15 is 0 Å². The second kappa shape index (κ2) is 8.56. The zero-order chi connectivity index (χ0) is 14.3. The maximum absolute atomic E-state index is 12.5. The van der Waals surface area contributed by atoms with Crippen molar-refractivity contribution in [2.75, 3.05) is 25.0 Å². The van der Waals surface area contributed by atoms with E-state index < -0.39 is 6.80 Å². The first-order valence-corrected chi connectivity index (χ1v) is 9.82. The monoisotopic (exact) mass is 342 g/mol. The van der Waals surface area contributed by atoms with Crippen molar-refractivity contribution >= 4 is 41.4 Å². The van der Waals surface area contributed by atoms with Crippen LogP contribution >= 0.6 is 41.4 Å². The van der Waals surface area contributed by atoms with E-state index in [0.717, 1.165) is 27.4 Å². The molecule has 19 heavy (non-hydrogen) atoms. The van der Waals surface area contributed by atoms with Gasteiger partial charge in [-0.25, -0.2) is 4.57 Å². The maximum atomic E-state index is 12.5. The highest BCUT2D eigenvalue weighted by Crippen LogP contribution is 2.64. The molecule has 0 saturated heterocycles. The lowest BCUT2D eigenvalue weighted by Gasteiger charge is -2.17. The molecular weight excluding hydrogens is 326 g/mol. The predicted octanol–water partition coefficient (Wildman–Crippen LogP) is 5.01. The van der Waals surface area contributed by atoms with E-state index in [9.17, 15) is 4.57 Å². The number of aryl methyl sites for hydroxylation is 2. The Morgan fingerprint density at radius 3 is 2.21 bits per heavy atom. The molecule has 0 unspecified atom stereocenters. The summed E-state index contributed by atoms with van der Waals surface area (Å²) >= 11 is 12.2. The minimum Gasteiger partial charge on any atom is -0.299 e. The van der Waals surface area contributed by atoms with Crippen molar-refractivity contribution in [1.82, 2.24) is 0 Å². The van der Waals surface area contributed by atoms with Crippen molar-refractivity contribution in [2.24, 2.45) is 0 Å². The Hall–Kier alpha value is 0.300. The molecule has 0 N–H and O–H groups in total. The molecule has 7 heteroatoms. The summed E-state index contributed by atoms with van der Waals surface area (Å²) in [6, 6.07) is 5.90. The minimum absolute atomic E-state index is 0.180. The fraction of sp³-hybridized carbons (Fsp3) is 0.500. The van der Waals surface area contributed by atoms with Crippen molar-refractivity contribution < 1.29 is 13.6 Å². The first kappa shape index (κ1) is 17.4. The Labute approximate surface area is 128 Å². The van der Waals surface area contributed by atoms with E-state index in [1.807, 2.05) is 32.0 Å². The molecule has 0 aliphatic carbocycles. The van der Waals surface area contributed by atoms with Crippen molar-refractivity contribution in [2.45, 2.75) is 18.7 Å². The SMILES string of the molecule is Cc1ccc(SP(=O)(OCCCl)OCCCl)c(C)c1. The van der Waals surface area contributed by atoms with E-state index in [-0.39, 0.29) is 25.0 Å². The van der Waals surface area contributed by atoms with Gasteiger partial charge in [-0.15, -0.1) is 23.2 Å². The van der Waals surface area contributed by atoms with Gasteiger partial charge in [0.15, 0.2) is 0 Å². The number of halogens is 2. The van der Waals surface area contributed by atoms with Gasteiger partial charge in [0.05, 0.1) is 13.2 Å². The molecule has 0 aliphatic heterocycles. The van der Waals surface area contributed by atoms with Crippen molar-refractivity contribution in [3.63, 3.8) is 0 Å². The van der Waals surface area contributed by atoms with Crippen molar-refractivity contribution in [3.8, 4) is 0 Å². The van der Waals surface area contributed by atoms with Crippen molar-refractivity contribution in [1.29, 1.82) is 0 Å². The van der Waals surface area contributed by atoms with Gasteiger partial charge in [0.1, 0.15) is 0 Å². The van der Waals surface area contributed by atoms with Crippen LogP contribution in [0.15, 0.2) is 23.1 Å². The summed E-state index contributed by atoms with van der Waals surface area (Å²) < 4.78 is 23.1. The Kier molecular flexibility index (Phi) is 7.81. The topological polar surface area (TPSA) is 35.5 Å². The lowest BCUT2D eigenvalue weighted by Crippen LogP contribution is -1.99. The lowest BCUT2D eigenvalue weighted by molar-refractivity contribution is 0.239. The summed E-state index contributed by atoms with van der Waals surface area (Å²) in [5.74, 6) is 0.531. The molecule has 0 amide bonds. The standard InChI is InChI=1S/C12H17Cl2O3PS/c1-10-3-4-12(11(2)9-10)19-18(15,16-7-5-13)17-8-6-14/h3-4,9H,5-8H2,1-2H3. The summed E-state index contributed by atoms with van der Waals surface area (Å²) in [6.45, 7) is 1.06. The lowest BCUT2D eigenvalue weighted by atomic mass is 10.2. The third-order valence-corrected chi connectivity index (χ3v) is 6.27. The van der Waals surface area contributed by atoms with Crippen molar-refractivity contribution in [3.05, 3.63) is 29.3 Å². The molecule has 0 atom stereocenters. The highest BCUT2D eigenvalue weighted by molar-refractivity contribution is 8.55. The molecule has 1 aromatic carbocycles. The normalized spacial score (nSPS) is 11.8. The molecule has 0 heterocycles. The summed E-state index contributed by atoms with van der Waals surface area (Å²) in [6.07, 6.45) is 0. The minimum atomic E-state index is -3.27. The molecule has 0 bridgehead atoms. The molecule has 0 radical (unpaired) electrons. The third-order valence-electron chi connectivity index (χ3n) is 2.19. The van der Waals surface area contributed by atoms with E-state index in [4.69, 9.17) is 32.2 Å². The van der Waals surface area contributed by atoms with E-state index in [2.05, 4.69) is 0 Å². The Morgan fingerprint density at radius 2 is 1.74 bits per heavy atom. The van der Waals surface area contributed by atoms with Gasteiger partial charge in [0.25, 0.3) is 0 Å². The van der Waals surface area contributed by atoms with Gasteiger partial charge in [-0.05, 0) is 36.9 Å². The number of hydrogen-bond donors (Lipinski definition) is 0. The first-order valence-electron chi connectivity index (χ1n) is 5.78. The van der Waals surface area contributed by atoms with Gasteiger partial charge >= 0.3 is 6.80 Å². The Bertz CT molecular complexity index is 445. The number of alkyl halides is 2. The van der Waals surface area contributed by atoms with Crippen LogP contribution < -0.4 is 0 Å². The van der Waals surface area contributed by atoms with Gasteiger partial charge in [-0.2, -0.15) is 0 Å². The predicted molar refractivity (Wildman–Crippen MR) is 82.7 cm³/mol. The number of rotatable bonds is 8. The van der Waals surface area contributed by atoms with E-state index in [1.165, 1.54) is 0 Å². The van der Waals surface area contributed by atoms with E-state index in [0.29, 0.717) is 0 Å². The fourth-order valence-corrected chi connectivity index (χ4v) is 5.26. The molecule has 0 fully saturated rings. The summed E-state index contributed by atoms with van der Waals surface area (Å²) in [7, 11) is 0. The second-order valence-electron chi connectivity index (χ2n) is 3.85. The van der Waals surface area contributed by atoms with Crippen LogP contribution in [-0.2, 0) is 13.6 Å². The number of benzene rings is 1. The van der Waals surface area contributed by atoms with Crippen LogP contribution in [-0.4, -0.2) is 25.0 Å². The van der Waals surface area contributed by atoms with Crippen LogP contribution in [0.5, 0.6) is 0 Å². The van der Waals surface area contributed by atoms with Gasteiger partial charge in [-0.1, -0.05) is 17.7 Å². The largest absolute Gasteiger partial charge is 0.393 e. The molecule has 0 saturated carbocycles. The molecule has 0 aliphatic rings. The van der Waals surface area contributed by atoms with Gasteiger partial charge in [0, 0.05) is 16.7 Å². The summed E-state index contributed by atoms with van der Waals surface area (Å²) in [5, 5.41) is 0. The quantitative estimate of drug-likeness (QED) is 0.491. The smallest absolute Gasteiger partial charge is 0.299 e. The third kappa shape index (κ3) is 6.07. The zero-order valence-corrected chi connectivity index (χ0v) is 14.1. The van der Waals surface area contributed by atoms with Gasteiger partial charge in [-0.3, -0.25) is 9.05 Å². The number of hydrogen-bond acceptors (Lipinski definition) is 4. The molecule has 0 spiro atoms. The summed E-state index contributed by atoms with van der Waals surface area (Å²) in [5.41, 5.74) is 2.19. The highest BCUT2D eigenvalue weighted by atomic mass is 35.5.